The number of halogens is 1. The number of methoxy groups -OCH3 is 1. The van der Waals surface area contributed by atoms with Gasteiger partial charge < -0.3 is 19.5 Å². The molecule has 0 aliphatic rings. The number of nitrogens with one attached hydrogen (secondary N) is 2. The molecule has 2 aromatic heterocycles. The number of likely N-dealkylation sites (N-methyl/N-ethyl adjacent to an activating group) is 2. The number of fused-ring (bicyclic) bond motifs is 1. The van der Waals surface area contributed by atoms with Gasteiger partial charge in [-0.3, -0.25) is 9.63 Å². The summed E-state index contributed by atoms with van der Waals surface area (Å²) in [4.78, 5) is 28.9. The number of aromatic nitrogens is 2. The van der Waals surface area contributed by atoms with Crippen molar-refractivity contribution < 1.29 is 14.4 Å². The highest BCUT2D eigenvalue weighted by Crippen LogP contribution is 2.38. The lowest BCUT2D eigenvalue weighted by Gasteiger charge is -2.21. The summed E-state index contributed by atoms with van der Waals surface area (Å²) in [5.41, 5.74) is 5.01. The Labute approximate surface area is 180 Å². The second-order valence-electron chi connectivity index (χ2n) is 7.17. The van der Waals surface area contributed by atoms with Crippen molar-refractivity contribution in [1.82, 2.24) is 20.3 Å². The number of aromatic amines is 1. The number of hydroxylamine groups is 1. The number of H-pyrrole nitrogens is 1. The summed E-state index contributed by atoms with van der Waals surface area (Å²) in [5, 5.41) is 1.25. The zero-order chi connectivity index (χ0) is 21.8. The van der Waals surface area contributed by atoms with Crippen LogP contribution in [0.2, 0.25) is 5.02 Å². The zero-order valence-electron chi connectivity index (χ0n) is 17.7. The molecule has 3 aromatic rings. The number of anilines is 1. The molecule has 2 N–H and O–H groups in total. The molecule has 3 rings (SSSR count). The minimum absolute atomic E-state index is 0.347. The zero-order valence-corrected chi connectivity index (χ0v) is 18.5. The molecule has 0 spiro atoms. The number of pyridine rings is 1. The van der Waals surface area contributed by atoms with Crippen molar-refractivity contribution in [2.24, 2.45) is 0 Å². The fraction of sp³-hybridized carbons (Fsp3) is 0.333. The van der Waals surface area contributed by atoms with Gasteiger partial charge in [0.25, 0.3) is 5.91 Å². The quantitative estimate of drug-likeness (QED) is 0.533. The van der Waals surface area contributed by atoms with Crippen LogP contribution in [0.3, 0.4) is 0 Å². The third kappa shape index (κ3) is 4.51. The number of nitrogens with zero attached hydrogens (tertiary/aromatic N) is 3. The molecule has 0 fully saturated rings. The lowest BCUT2D eigenvalue weighted by Crippen LogP contribution is -2.29. The average Bonchev–Trinajstić information content (AvgIpc) is 3.13. The molecule has 2 heterocycles. The summed E-state index contributed by atoms with van der Waals surface area (Å²) in [6.45, 7) is 1.74. The summed E-state index contributed by atoms with van der Waals surface area (Å²) >= 11 is 6.56. The molecular weight excluding hydrogens is 406 g/mol. The lowest BCUT2D eigenvalue weighted by molar-refractivity contribution is 0.0539. The van der Waals surface area contributed by atoms with Gasteiger partial charge in [-0.1, -0.05) is 11.6 Å². The Hall–Kier alpha value is -2.81. The van der Waals surface area contributed by atoms with Crippen LogP contribution in [0.15, 0.2) is 30.5 Å². The van der Waals surface area contributed by atoms with Crippen LogP contribution in [0.25, 0.3) is 22.0 Å². The standard InChI is InChI=1S/C21H26ClN5O3/c1-26(2)8-9-27(3)19-7-6-13(21(24-19)29-4)14-10-15-16(20(28)25-30-5)12-23-18(15)11-17(14)22/h6-7,10-12,23H,8-9H2,1-5H3,(H,25,28). The van der Waals surface area contributed by atoms with E-state index in [1.165, 1.54) is 7.11 Å². The predicted octanol–water partition coefficient (Wildman–Crippen LogP) is 3.18. The molecule has 160 valence electrons. The molecule has 0 aliphatic carbocycles. The molecule has 9 heteroatoms. The predicted molar refractivity (Wildman–Crippen MR) is 119 cm³/mol. The Balaban J connectivity index is 2.02. The molecule has 0 saturated heterocycles. The van der Waals surface area contributed by atoms with Crippen molar-refractivity contribution in [2.45, 2.75) is 0 Å². The number of hydrogen-bond donors (Lipinski definition) is 2. The third-order valence-corrected chi connectivity index (χ3v) is 5.12. The molecule has 0 unspecified atom stereocenters. The van der Waals surface area contributed by atoms with Gasteiger partial charge in [0.05, 0.1) is 24.8 Å². The molecule has 0 aliphatic heterocycles. The molecular formula is C21H26ClN5O3. The molecule has 0 saturated carbocycles. The van der Waals surface area contributed by atoms with E-state index in [4.69, 9.17) is 21.2 Å². The highest BCUT2D eigenvalue weighted by molar-refractivity contribution is 6.34. The van der Waals surface area contributed by atoms with Gasteiger partial charge in [-0.15, -0.1) is 0 Å². The molecule has 1 amide bonds. The first-order chi connectivity index (χ1) is 14.3. The van der Waals surface area contributed by atoms with Crippen LogP contribution in [0.1, 0.15) is 10.4 Å². The second-order valence-corrected chi connectivity index (χ2v) is 7.57. The van der Waals surface area contributed by atoms with Crippen LogP contribution >= 0.6 is 11.6 Å². The average molecular weight is 432 g/mol. The lowest BCUT2D eigenvalue weighted by atomic mass is 10.0. The number of carbonyl (C=O) groups is 1. The smallest absolute Gasteiger partial charge is 0.276 e. The number of benzene rings is 1. The van der Waals surface area contributed by atoms with Crippen LogP contribution < -0.4 is 15.1 Å². The van der Waals surface area contributed by atoms with E-state index >= 15 is 0 Å². The van der Waals surface area contributed by atoms with Gasteiger partial charge in [0.1, 0.15) is 5.82 Å². The normalized spacial score (nSPS) is 11.2. The third-order valence-electron chi connectivity index (χ3n) is 4.81. The summed E-state index contributed by atoms with van der Waals surface area (Å²) in [7, 11) is 9.03. The van der Waals surface area contributed by atoms with Gasteiger partial charge >= 0.3 is 0 Å². The maximum Gasteiger partial charge on any atom is 0.276 e. The van der Waals surface area contributed by atoms with Crippen molar-refractivity contribution in [2.75, 3.05) is 53.4 Å². The molecule has 0 bridgehead atoms. The monoisotopic (exact) mass is 431 g/mol. The molecule has 0 radical (unpaired) electrons. The maximum atomic E-state index is 12.3. The highest BCUT2D eigenvalue weighted by Gasteiger charge is 2.18. The van der Waals surface area contributed by atoms with Crippen molar-refractivity contribution in [3.05, 3.63) is 41.0 Å². The van der Waals surface area contributed by atoms with Crippen LogP contribution in [-0.2, 0) is 4.84 Å². The summed E-state index contributed by atoms with van der Waals surface area (Å²) < 4.78 is 5.57. The van der Waals surface area contributed by atoms with E-state index in [2.05, 4.69) is 25.2 Å². The first-order valence-electron chi connectivity index (χ1n) is 9.41. The van der Waals surface area contributed by atoms with Crippen LogP contribution in [-0.4, -0.2) is 69.2 Å². The summed E-state index contributed by atoms with van der Waals surface area (Å²) in [5.74, 6) is 0.917. The topological polar surface area (TPSA) is 82.7 Å². The number of ether oxygens (including phenoxy) is 1. The molecule has 8 nitrogen and oxygen atoms in total. The molecule has 0 atom stereocenters. The van der Waals surface area contributed by atoms with E-state index in [9.17, 15) is 4.79 Å². The van der Waals surface area contributed by atoms with Gasteiger partial charge in [0.15, 0.2) is 0 Å². The van der Waals surface area contributed by atoms with Crippen molar-refractivity contribution in [3.8, 4) is 17.0 Å². The van der Waals surface area contributed by atoms with E-state index in [0.717, 1.165) is 40.9 Å². The van der Waals surface area contributed by atoms with E-state index in [-0.39, 0.29) is 5.91 Å². The first-order valence-corrected chi connectivity index (χ1v) is 9.78. The SMILES string of the molecule is CONC(=O)c1c[nH]c2cc(Cl)c(-c3ccc(N(C)CCN(C)C)nc3OC)cc12. The Bertz CT molecular complexity index is 1050. The van der Waals surface area contributed by atoms with Crippen LogP contribution in [0.5, 0.6) is 5.88 Å². The first kappa shape index (κ1) is 21.9. The largest absolute Gasteiger partial charge is 0.480 e. The van der Waals surface area contributed by atoms with Gasteiger partial charge in [-0.2, -0.15) is 4.98 Å². The number of carbonyl (C=O) groups excluding carboxylic acids is 1. The van der Waals surface area contributed by atoms with Crippen molar-refractivity contribution >= 4 is 34.2 Å². The maximum absolute atomic E-state index is 12.3. The van der Waals surface area contributed by atoms with Gasteiger partial charge in [-0.05, 0) is 38.4 Å². The van der Waals surface area contributed by atoms with E-state index in [0.29, 0.717) is 16.5 Å². The fourth-order valence-electron chi connectivity index (χ4n) is 3.15. The van der Waals surface area contributed by atoms with Gasteiger partial charge in [-0.25, -0.2) is 5.48 Å². The van der Waals surface area contributed by atoms with E-state index < -0.39 is 0 Å². The molecule has 1 aromatic carbocycles. The van der Waals surface area contributed by atoms with Crippen molar-refractivity contribution in [1.29, 1.82) is 0 Å². The van der Waals surface area contributed by atoms with E-state index in [1.54, 1.807) is 19.4 Å². The summed E-state index contributed by atoms with van der Waals surface area (Å²) in [6.07, 6.45) is 1.62. The molecule has 30 heavy (non-hydrogen) atoms. The Kier molecular flexibility index (Phi) is 6.81. The number of amides is 1. The van der Waals surface area contributed by atoms with Gasteiger partial charge in [0, 0.05) is 48.4 Å². The Morgan fingerprint density at radius 3 is 2.60 bits per heavy atom. The Morgan fingerprint density at radius 2 is 1.93 bits per heavy atom. The second kappa shape index (κ2) is 9.34. The van der Waals surface area contributed by atoms with Crippen LogP contribution in [0, 0.1) is 0 Å². The summed E-state index contributed by atoms with van der Waals surface area (Å²) in [6, 6.07) is 7.51. The Morgan fingerprint density at radius 1 is 1.17 bits per heavy atom. The van der Waals surface area contributed by atoms with Crippen molar-refractivity contribution in [3.63, 3.8) is 0 Å². The number of rotatable bonds is 8. The number of hydrogen-bond acceptors (Lipinski definition) is 6. The van der Waals surface area contributed by atoms with Gasteiger partial charge in [0.2, 0.25) is 5.88 Å². The fourth-order valence-corrected chi connectivity index (χ4v) is 3.42. The van der Waals surface area contributed by atoms with Crippen LogP contribution in [0.4, 0.5) is 5.82 Å². The minimum Gasteiger partial charge on any atom is -0.480 e. The minimum atomic E-state index is -0.347. The van der Waals surface area contributed by atoms with E-state index in [1.807, 2.05) is 39.3 Å². The highest BCUT2D eigenvalue weighted by atomic mass is 35.5.